The van der Waals surface area contributed by atoms with Gasteiger partial charge in [-0.1, -0.05) is 65.8 Å². The van der Waals surface area contributed by atoms with Crippen molar-refractivity contribution in [3.05, 3.63) is 125 Å². The van der Waals surface area contributed by atoms with Crippen molar-refractivity contribution in [3.8, 4) is 11.1 Å². The number of hydrogen-bond donors (Lipinski definition) is 1. The lowest BCUT2D eigenvalue weighted by Gasteiger charge is -2.21. The Morgan fingerprint density at radius 1 is 0.914 bits per heavy atom. The molecule has 0 aliphatic rings. The molecule has 1 atom stereocenters. The van der Waals surface area contributed by atoms with Gasteiger partial charge in [0, 0.05) is 29.8 Å². The summed E-state index contributed by atoms with van der Waals surface area (Å²) in [7, 11) is 1.38. The van der Waals surface area contributed by atoms with E-state index in [-0.39, 0.29) is 11.9 Å². The van der Waals surface area contributed by atoms with Crippen molar-refractivity contribution < 1.29 is 14.7 Å². The maximum atomic E-state index is 11.7. The maximum absolute atomic E-state index is 11.7. The first kappa shape index (κ1) is 23.9. The largest absolute Gasteiger partial charge is 0.465 e. The third-order valence-electron chi connectivity index (χ3n) is 6.26. The van der Waals surface area contributed by atoms with Crippen LogP contribution >= 0.6 is 0 Å². The predicted octanol–water partition coefficient (Wildman–Crippen LogP) is 6.55. The molecule has 1 aromatic heterocycles. The molecule has 0 saturated heterocycles. The number of oxime groups is 1. The molecule has 0 saturated carbocycles. The van der Waals surface area contributed by atoms with Crippen LogP contribution in [0.1, 0.15) is 50.6 Å². The molecule has 5 heteroatoms. The molecule has 0 amide bonds. The number of carbonyl (C=O) groups excluding carboxylic acids is 1. The monoisotopic (exact) mass is 464 g/mol. The van der Waals surface area contributed by atoms with Crippen molar-refractivity contribution in [3.63, 3.8) is 0 Å². The number of pyridine rings is 1. The Bertz CT molecular complexity index is 1340. The summed E-state index contributed by atoms with van der Waals surface area (Å²) < 4.78 is 4.79. The number of aromatic nitrogens is 1. The van der Waals surface area contributed by atoms with Crippen LogP contribution in [0.2, 0.25) is 0 Å². The number of benzene rings is 3. The second-order valence-electron chi connectivity index (χ2n) is 8.54. The van der Waals surface area contributed by atoms with E-state index in [1.165, 1.54) is 18.2 Å². The van der Waals surface area contributed by atoms with Gasteiger partial charge in [0.05, 0.1) is 18.4 Å². The van der Waals surface area contributed by atoms with Crippen LogP contribution in [-0.4, -0.2) is 29.0 Å². The Morgan fingerprint density at radius 2 is 1.57 bits per heavy atom. The quantitative estimate of drug-likeness (QED) is 0.146. The molecular formula is C30H28N2O3. The van der Waals surface area contributed by atoms with Crippen LogP contribution in [0.15, 0.2) is 96.3 Å². The molecule has 0 aliphatic heterocycles. The second-order valence-corrected chi connectivity index (χ2v) is 8.54. The van der Waals surface area contributed by atoms with E-state index in [1.807, 2.05) is 43.3 Å². The average Bonchev–Trinajstić information content (AvgIpc) is 2.90. The van der Waals surface area contributed by atoms with E-state index >= 15 is 0 Å². The fourth-order valence-corrected chi connectivity index (χ4v) is 4.34. The first-order chi connectivity index (χ1) is 17.0. The van der Waals surface area contributed by atoms with Gasteiger partial charge in [-0.25, -0.2) is 4.79 Å². The summed E-state index contributed by atoms with van der Waals surface area (Å²) in [6.45, 7) is 4.03. The highest BCUT2D eigenvalue weighted by molar-refractivity contribution is 6.01. The summed E-state index contributed by atoms with van der Waals surface area (Å²) >= 11 is 0. The minimum atomic E-state index is -0.348. The van der Waals surface area contributed by atoms with Crippen molar-refractivity contribution in [1.82, 2.24) is 4.98 Å². The molecule has 0 bridgehead atoms. The number of carbonyl (C=O) groups is 1. The van der Waals surface area contributed by atoms with Gasteiger partial charge in [-0.2, -0.15) is 0 Å². The highest BCUT2D eigenvalue weighted by Gasteiger charge is 2.20. The van der Waals surface area contributed by atoms with Crippen LogP contribution in [0, 0.1) is 13.8 Å². The SMILES string of the molecule is COC(=O)c1ccc(-c2ccc(C(C/C(=N/O)c3ccnc(C)c3)c3ccccc3C)cc2)cc1. The molecule has 1 N–H and O–H groups in total. The molecule has 35 heavy (non-hydrogen) atoms. The Labute approximate surface area is 205 Å². The molecule has 176 valence electrons. The number of aryl methyl sites for hydroxylation is 2. The third-order valence-corrected chi connectivity index (χ3v) is 6.26. The molecule has 0 aliphatic carbocycles. The van der Waals surface area contributed by atoms with Crippen LogP contribution in [-0.2, 0) is 4.74 Å². The molecule has 0 fully saturated rings. The molecule has 5 nitrogen and oxygen atoms in total. The molecule has 4 aromatic rings. The Balaban J connectivity index is 1.67. The van der Waals surface area contributed by atoms with Gasteiger partial charge in [0.1, 0.15) is 0 Å². The van der Waals surface area contributed by atoms with Crippen molar-refractivity contribution in [1.29, 1.82) is 0 Å². The number of esters is 1. The van der Waals surface area contributed by atoms with E-state index in [2.05, 4.69) is 53.5 Å². The zero-order chi connectivity index (χ0) is 24.8. The van der Waals surface area contributed by atoms with Crippen molar-refractivity contribution in [2.24, 2.45) is 5.16 Å². The van der Waals surface area contributed by atoms with Gasteiger partial charge in [-0.15, -0.1) is 0 Å². The van der Waals surface area contributed by atoms with E-state index < -0.39 is 0 Å². The first-order valence-electron chi connectivity index (χ1n) is 11.5. The zero-order valence-electron chi connectivity index (χ0n) is 20.1. The molecule has 1 unspecified atom stereocenters. The summed E-state index contributed by atoms with van der Waals surface area (Å²) in [5.74, 6) is -0.343. The van der Waals surface area contributed by atoms with Gasteiger partial charge in [0.2, 0.25) is 0 Å². The minimum Gasteiger partial charge on any atom is -0.465 e. The molecule has 1 heterocycles. The summed E-state index contributed by atoms with van der Waals surface area (Å²) in [5, 5.41) is 13.6. The third kappa shape index (κ3) is 5.46. The summed E-state index contributed by atoms with van der Waals surface area (Å²) in [4.78, 5) is 16.0. The zero-order valence-corrected chi connectivity index (χ0v) is 20.1. The van der Waals surface area contributed by atoms with Gasteiger partial charge < -0.3 is 9.94 Å². The standard InChI is InChI=1S/C30H28N2O3/c1-20-6-4-5-7-27(20)28(19-29(32-34)26-16-17-31-21(2)18-26)24-12-8-22(9-13-24)23-10-14-25(15-11-23)30(33)35-3/h4-18,28,34H,19H2,1-3H3/b32-29-. The van der Waals surface area contributed by atoms with Crippen molar-refractivity contribution >= 4 is 11.7 Å². The fraction of sp³-hybridized carbons (Fsp3) is 0.167. The first-order valence-corrected chi connectivity index (χ1v) is 11.5. The normalized spacial score (nSPS) is 12.3. The Hall–Kier alpha value is -4.25. The number of nitrogens with zero attached hydrogens (tertiary/aromatic N) is 2. The molecular weight excluding hydrogens is 436 g/mol. The van der Waals surface area contributed by atoms with E-state index in [4.69, 9.17) is 4.74 Å². The van der Waals surface area contributed by atoms with Crippen molar-refractivity contribution in [2.45, 2.75) is 26.2 Å². The number of hydrogen-bond acceptors (Lipinski definition) is 5. The Kier molecular flexibility index (Phi) is 7.36. The molecule has 0 spiro atoms. The van der Waals surface area contributed by atoms with Gasteiger partial charge in [0.25, 0.3) is 0 Å². The Morgan fingerprint density at radius 3 is 2.17 bits per heavy atom. The number of ether oxygens (including phenoxy) is 1. The summed E-state index contributed by atoms with van der Waals surface area (Å²) in [5.41, 5.74) is 8.44. The van der Waals surface area contributed by atoms with Crippen LogP contribution in [0.25, 0.3) is 11.1 Å². The number of rotatable bonds is 7. The molecule has 0 radical (unpaired) electrons. The summed E-state index contributed by atoms with van der Waals surface area (Å²) in [6, 6.07) is 27.9. The average molecular weight is 465 g/mol. The van der Waals surface area contributed by atoms with E-state index in [1.54, 1.807) is 18.3 Å². The van der Waals surface area contributed by atoms with E-state index in [0.29, 0.717) is 17.7 Å². The highest BCUT2D eigenvalue weighted by Crippen LogP contribution is 2.33. The van der Waals surface area contributed by atoms with Crippen LogP contribution in [0.3, 0.4) is 0 Å². The van der Waals surface area contributed by atoms with Gasteiger partial charge in [0.15, 0.2) is 0 Å². The van der Waals surface area contributed by atoms with E-state index in [0.717, 1.165) is 27.9 Å². The second kappa shape index (κ2) is 10.8. The van der Waals surface area contributed by atoms with E-state index in [9.17, 15) is 10.0 Å². The van der Waals surface area contributed by atoms with Gasteiger partial charge in [-0.3, -0.25) is 4.98 Å². The van der Waals surface area contributed by atoms with Gasteiger partial charge in [-0.05, 0) is 65.9 Å². The lowest BCUT2D eigenvalue weighted by atomic mass is 9.83. The lowest BCUT2D eigenvalue weighted by molar-refractivity contribution is 0.0600. The van der Waals surface area contributed by atoms with Gasteiger partial charge >= 0.3 is 5.97 Å². The smallest absolute Gasteiger partial charge is 0.337 e. The minimum absolute atomic E-state index is 0.00585. The van der Waals surface area contributed by atoms with Crippen LogP contribution in [0.5, 0.6) is 0 Å². The highest BCUT2D eigenvalue weighted by atomic mass is 16.5. The summed E-state index contributed by atoms with van der Waals surface area (Å²) in [6.07, 6.45) is 2.27. The lowest BCUT2D eigenvalue weighted by Crippen LogP contribution is -2.12. The topological polar surface area (TPSA) is 71.8 Å². The van der Waals surface area contributed by atoms with Crippen LogP contribution < -0.4 is 0 Å². The molecule has 3 aromatic carbocycles. The van der Waals surface area contributed by atoms with Crippen molar-refractivity contribution in [2.75, 3.05) is 7.11 Å². The fourth-order valence-electron chi connectivity index (χ4n) is 4.34. The number of methoxy groups -OCH3 is 1. The predicted molar refractivity (Wildman–Crippen MR) is 138 cm³/mol. The molecule has 4 rings (SSSR count). The maximum Gasteiger partial charge on any atom is 0.337 e. The van der Waals surface area contributed by atoms with Crippen LogP contribution in [0.4, 0.5) is 0 Å².